The molecule has 0 aliphatic carbocycles. The van der Waals surface area contributed by atoms with Gasteiger partial charge in [-0.3, -0.25) is 9.10 Å². The van der Waals surface area contributed by atoms with Crippen molar-refractivity contribution in [1.29, 1.82) is 0 Å². The molecule has 0 spiro atoms. The zero-order valence-electron chi connectivity index (χ0n) is 14.4. The maximum absolute atomic E-state index is 12.5. The van der Waals surface area contributed by atoms with E-state index in [1.165, 1.54) is 0 Å². The molecule has 1 atom stereocenters. The summed E-state index contributed by atoms with van der Waals surface area (Å²) >= 11 is 0. The van der Waals surface area contributed by atoms with Gasteiger partial charge in [0.2, 0.25) is 15.9 Å². The fourth-order valence-electron chi connectivity index (χ4n) is 2.46. The van der Waals surface area contributed by atoms with Crippen LogP contribution < -0.4 is 9.04 Å². The first-order valence-electron chi connectivity index (χ1n) is 7.77. The van der Waals surface area contributed by atoms with Crippen LogP contribution in [0.15, 0.2) is 24.3 Å². The van der Waals surface area contributed by atoms with Gasteiger partial charge in [-0.15, -0.1) is 0 Å². The largest absolute Gasteiger partial charge is 0.494 e. The van der Waals surface area contributed by atoms with Crippen molar-refractivity contribution in [3.05, 3.63) is 24.3 Å². The smallest absolute Gasteiger partial charge is 0.246 e. The van der Waals surface area contributed by atoms with E-state index in [1.807, 2.05) is 20.8 Å². The zero-order valence-corrected chi connectivity index (χ0v) is 15.3. The van der Waals surface area contributed by atoms with E-state index in [2.05, 4.69) is 0 Å². The molecule has 0 heterocycles. The molecule has 0 saturated heterocycles. The highest BCUT2D eigenvalue weighted by Gasteiger charge is 2.31. The second kappa shape index (κ2) is 8.19. The first kappa shape index (κ1) is 19.3. The monoisotopic (exact) mass is 342 g/mol. The maximum Gasteiger partial charge on any atom is 0.246 e. The van der Waals surface area contributed by atoms with Gasteiger partial charge in [0.15, 0.2) is 0 Å². The minimum absolute atomic E-state index is 0.214. The summed E-state index contributed by atoms with van der Waals surface area (Å²) in [6, 6.07) is 5.90. The quantitative estimate of drug-likeness (QED) is 0.726. The Balaban J connectivity index is 3.17. The van der Waals surface area contributed by atoms with E-state index in [1.54, 1.807) is 36.1 Å². The number of amides is 1. The molecule has 0 aromatic heterocycles. The predicted molar refractivity (Wildman–Crippen MR) is 92.3 cm³/mol. The van der Waals surface area contributed by atoms with Gasteiger partial charge in [-0.05, 0) is 52.0 Å². The molecule has 1 aromatic carbocycles. The highest BCUT2D eigenvalue weighted by atomic mass is 32.2. The normalized spacial score (nSPS) is 12.6. The van der Waals surface area contributed by atoms with Crippen molar-refractivity contribution in [3.8, 4) is 5.75 Å². The SMILES string of the molecule is CCOc1ccc(N([C@H](C)C(=O)N(CC)CC)S(C)(=O)=O)cc1. The number of carbonyl (C=O) groups is 1. The van der Waals surface area contributed by atoms with Crippen LogP contribution in [0.5, 0.6) is 5.75 Å². The van der Waals surface area contributed by atoms with Gasteiger partial charge in [0, 0.05) is 13.1 Å². The fraction of sp³-hybridized carbons (Fsp3) is 0.562. The van der Waals surface area contributed by atoms with E-state index in [-0.39, 0.29) is 5.91 Å². The lowest BCUT2D eigenvalue weighted by molar-refractivity contribution is -0.131. The van der Waals surface area contributed by atoms with Crippen molar-refractivity contribution >= 4 is 21.6 Å². The van der Waals surface area contributed by atoms with Crippen molar-refractivity contribution in [2.45, 2.75) is 33.7 Å². The van der Waals surface area contributed by atoms with Crippen LogP contribution in [-0.2, 0) is 14.8 Å². The summed E-state index contributed by atoms with van der Waals surface area (Å²) in [7, 11) is -3.59. The molecule has 0 fully saturated rings. The molecule has 0 saturated carbocycles. The lowest BCUT2D eigenvalue weighted by atomic mass is 10.2. The number of benzene rings is 1. The summed E-state index contributed by atoms with van der Waals surface area (Å²) in [5.74, 6) is 0.446. The first-order valence-corrected chi connectivity index (χ1v) is 9.62. The van der Waals surface area contributed by atoms with Gasteiger partial charge in [-0.2, -0.15) is 0 Å². The number of ether oxygens (including phenoxy) is 1. The molecule has 7 heteroatoms. The first-order chi connectivity index (χ1) is 10.8. The summed E-state index contributed by atoms with van der Waals surface area (Å²) in [4.78, 5) is 14.2. The Kier molecular flexibility index (Phi) is 6.87. The molecular formula is C16H26N2O4S. The maximum atomic E-state index is 12.5. The number of hydrogen-bond acceptors (Lipinski definition) is 4. The molecule has 23 heavy (non-hydrogen) atoms. The molecule has 0 unspecified atom stereocenters. The number of sulfonamides is 1. The van der Waals surface area contributed by atoms with Crippen LogP contribution in [0, 0.1) is 0 Å². The second-order valence-corrected chi connectivity index (χ2v) is 7.03. The average molecular weight is 342 g/mol. The molecule has 0 N–H and O–H groups in total. The fourth-order valence-corrected chi connectivity index (χ4v) is 3.63. The topological polar surface area (TPSA) is 66.9 Å². The molecule has 0 aliphatic heterocycles. The van der Waals surface area contributed by atoms with Crippen LogP contribution >= 0.6 is 0 Å². The highest BCUT2D eigenvalue weighted by molar-refractivity contribution is 7.92. The number of likely N-dealkylation sites (N-methyl/N-ethyl adjacent to an activating group) is 1. The van der Waals surface area contributed by atoms with Crippen LogP contribution in [0.2, 0.25) is 0 Å². The second-order valence-electron chi connectivity index (χ2n) is 5.17. The third kappa shape index (κ3) is 4.86. The molecule has 1 rings (SSSR count). The Hall–Kier alpha value is -1.76. The van der Waals surface area contributed by atoms with E-state index in [9.17, 15) is 13.2 Å². The lowest BCUT2D eigenvalue weighted by Crippen LogP contribution is -2.49. The van der Waals surface area contributed by atoms with E-state index >= 15 is 0 Å². The molecular weight excluding hydrogens is 316 g/mol. The van der Waals surface area contributed by atoms with Crippen molar-refractivity contribution in [2.75, 3.05) is 30.3 Å². The summed E-state index contributed by atoms with van der Waals surface area (Å²) in [6.45, 7) is 8.85. The Labute approximate surface area is 139 Å². The van der Waals surface area contributed by atoms with Gasteiger partial charge in [-0.1, -0.05) is 0 Å². The summed E-state index contributed by atoms with van der Waals surface area (Å²) in [6.07, 6.45) is 1.11. The van der Waals surface area contributed by atoms with Crippen molar-refractivity contribution in [1.82, 2.24) is 4.90 Å². The summed E-state index contributed by atoms with van der Waals surface area (Å²) in [5, 5.41) is 0. The van der Waals surface area contributed by atoms with Gasteiger partial charge in [-0.25, -0.2) is 8.42 Å². The van der Waals surface area contributed by atoms with Crippen LogP contribution in [0.25, 0.3) is 0 Å². The van der Waals surface area contributed by atoms with E-state index in [0.717, 1.165) is 10.6 Å². The van der Waals surface area contributed by atoms with Gasteiger partial charge >= 0.3 is 0 Å². The number of hydrogen-bond donors (Lipinski definition) is 0. The third-order valence-corrected chi connectivity index (χ3v) is 4.79. The number of nitrogens with zero attached hydrogens (tertiary/aromatic N) is 2. The molecule has 0 radical (unpaired) electrons. The van der Waals surface area contributed by atoms with Crippen LogP contribution in [0.1, 0.15) is 27.7 Å². The van der Waals surface area contributed by atoms with Crippen LogP contribution in [0.4, 0.5) is 5.69 Å². The number of anilines is 1. The predicted octanol–water partition coefficient (Wildman–Crippen LogP) is 2.11. The molecule has 0 bridgehead atoms. The van der Waals surface area contributed by atoms with Crippen LogP contribution in [0.3, 0.4) is 0 Å². The van der Waals surface area contributed by atoms with Crippen molar-refractivity contribution < 1.29 is 17.9 Å². The van der Waals surface area contributed by atoms with E-state index < -0.39 is 16.1 Å². The Morgan fingerprint density at radius 3 is 2.04 bits per heavy atom. The molecule has 6 nitrogen and oxygen atoms in total. The molecule has 0 aliphatic rings. The standard InChI is InChI=1S/C16H26N2O4S/c1-6-17(7-2)16(19)13(4)18(23(5,20)21)14-9-11-15(12-10-14)22-8-3/h9-13H,6-8H2,1-5H3/t13-/m1/s1. The van der Waals surface area contributed by atoms with E-state index in [4.69, 9.17) is 4.74 Å². The average Bonchev–Trinajstić information content (AvgIpc) is 2.49. The molecule has 1 aromatic rings. The van der Waals surface area contributed by atoms with E-state index in [0.29, 0.717) is 31.1 Å². The lowest BCUT2D eigenvalue weighted by Gasteiger charge is -2.31. The number of carbonyl (C=O) groups excluding carboxylic acids is 1. The van der Waals surface area contributed by atoms with Crippen molar-refractivity contribution in [3.63, 3.8) is 0 Å². The zero-order chi connectivity index (χ0) is 17.6. The highest BCUT2D eigenvalue weighted by Crippen LogP contribution is 2.24. The Bertz CT molecular complexity index is 609. The Morgan fingerprint density at radius 1 is 1.13 bits per heavy atom. The summed E-state index contributed by atoms with van der Waals surface area (Å²) < 4.78 is 30.9. The van der Waals surface area contributed by atoms with Crippen molar-refractivity contribution in [2.24, 2.45) is 0 Å². The summed E-state index contributed by atoms with van der Waals surface area (Å²) in [5.41, 5.74) is 0.448. The van der Waals surface area contributed by atoms with Crippen LogP contribution in [-0.4, -0.2) is 51.2 Å². The minimum atomic E-state index is -3.59. The van der Waals surface area contributed by atoms with Gasteiger partial charge in [0.05, 0.1) is 18.6 Å². The minimum Gasteiger partial charge on any atom is -0.494 e. The molecule has 1 amide bonds. The third-order valence-electron chi connectivity index (χ3n) is 3.54. The van der Waals surface area contributed by atoms with Gasteiger partial charge in [0.25, 0.3) is 0 Å². The number of rotatable bonds is 8. The van der Waals surface area contributed by atoms with Gasteiger partial charge in [0.1, 0.15) is 11.8 Å². The Morgan fingerprint density at radius 2 is 1.65 bits per heavy atom. The van der Waals surface area contributed by atoms with Gasteiger partial charge < -0.3 is 9.64 Å². The molecule has 130 valence electrons.